The van der Waals surface area contributed by atoms with Crippen molar-refractivity contribution in [1.29, 1.82) is 0 Å². The number of methoxy groups -OCH3 is 3. The molecule has 0 aromatic heterocycles. The van der Waals surface area contributed by atoms with Gasteiger partial charge >= 0.3 is 11.9 Å². The van der Waals surface area contributed by atoms with E-state index in [-0.39, 0.29) is 23.4 Å². The molecule has 9 heteroatoms. The summed E-state index contributed by atoms with van der Waals surface area (Å²) in [6, 6.07) is 11.2. The van der Waals surface area contributed by atoms with Gasteiger partial charge in [-0.05, 0) is 30.3 Å². The lowest BCUT2D eigenvalue weighted by Gasteiger charge is -2.09. The van der Waals surface area contributed by atoms with Crippen molar-refractivity contribution < 1.29 is 33.4 Å². The van der Waals surface area contributed by atoms with Crippen LogP contribution in [0.1, 0.15) is 26.3 Å². The van der Waals surface area contributed by atoms with E-state index in [0.29, 0.717) is 11.3 Å². The summed E-state index contributed by atoms with van der Waals surface area (Å²) in [7, 11) is 3.95. The molecule has 0 radical (unpaired) electrons. The second kappa shape index (κ2) is 10.5. The van der Waals surface area contributed by atoms with Crippen LogP contribution in [0.25, 0.3) is 0 Å². The number of para-hydroxylation sites is 1. The standard InChI is InChI=1S/C20H20N2O7/c1-26-17-7-5-4-6-13(17)11-21-29-12-18(23)22-16-9-14(19(24)27-2)8-15(10-16)20(25)28-3/h4-11H,12H2,1-3H3,(H,22,23)/b21-11-. The molecule has 0 aliphatic rings. The van der Waals surface area contributed by atoms with Gasteiger partial charge in [-0.3, -0.25) is 4.79 Å². The molecule has 0 aliphatic carbocycles. The van der Waals surface area contributed by atoms with Crippen LogP contribution in [0.4, 0.5) is 5.69 Å². The Morgan fingerprint density at radius 2 is 1.59 bits per heavy atom. The minimum Gasteiger partial charge on any atom is -0.496 e. The summed E-state index contributed by atoms with van der Waals surface area (Å²) in [5.74, 6) is -1.26. The lowest BCUT2D eigenvalue weighted by Crippen LogP contribution is -2.18. The van der Waals surface area contributed by atoms with E-state index in [1.807, 2.05) is 12.1 Å². The number of esters is 2. The van der Waals surface area contributed by atoms with Gasteiger partial charge < -0.3 is 24.4 Å². The molecule has 0 heterocycles. The van der Waals surface area contributed by atoms with Crippen molar-refractivity contribution in [2.75, 3.05) is 33.3 Å². The van der Waals surface area contributed by atoms with E-state index in [4.69, 9.17) is 9.57 Å². The Balaban J connectivity index is 2.03. The Labute approximate surface area is 167 Å². The molecule has 0 saturated carbocycles. The molecule has 0 saturated heterocycles. The number of benzene rings is 2. The molecule has 0 unspecified atom stereocenters. The van der Waals surface area contributed by atoms with Crippen LogP contribution in [0.3, 0.4) is 0 Å². The highest BCUT2D eigenvalue weighted by Gasteiger charge is 2.15. The van der Waals surface area contributed by atoms with Crippen molar-refractivity contribution in [3.63, 3.8) is 0 Å². The van der Waals surface area contributed by atoms with E-state index in [9.17, 15) is 14.4 Å². The van der Waals surface area contributed by atoms with Crippen molar-refractivity contribution in [3.8, 4) is 5.75 Å². The first-order chi connectivity index (χ1) is 14.0. The van der Waals surface area contributed by atoms with Crippen LogP contribution in [0.5, 0.6) is 5.75 Å². The van der Waals surface area contributed by atoms with E-state index in [1.165, 1.54) is 45.7 Å². The Kier molecular flexibility index (Phi) is 7.72. The predicted molar refractivity (Wildman–Crippen MR) is 104 cm³/mol. The number of rotatable bonds is 8. The van der Waals surface area contributed by atoms with Crippen molar-refractivity contribution in [3.05, 3.63) is 59.2 Å². The van der Waals surface area contributed by atoms with Crippen LogP contribution in [-0.4, -0.2) is 52.0 Å². The first kappa shape index (κ1) is 21.4. The van der Waals surface area contributed by atoms with Crippen LogP contribution >= 0.6 is 0 Å². The molecule has 2 aromatic carbocycles. The zero-order chi connectivity index (χ0) is 21.2. The fourth-order valence-corrected chi connectivity index (χ4v) is 2.33. The third-order valence-electron chi connectivity index (χ3n) is 3.66. The smallest absolute Gasteiger partial charge is 0.337 e. The molecule has 0 aliphatic heterocycles. The summed E-state index contributed by atoms with van der Waals surface area (Å²) in [6.45, 7) is -0.387. The zero-order valence-corrected chi connectivity index (χ0v) is 16.1. The highest BCUT2D eigenvalue weighted by atomic mass is 16.6. The highest BCUT2D eigenvalue weighted by Crippen LogP contribution is 2.17. The summed E-state index contributed by atoms with van der Waals surface area (Å²) < 4.78 is 14.5. The average molecular weight is 400 g/mol. The van der Waals surface area contributed by atoms with Crippen molar-refractivity contribution >= 4 is 29.7 Å². The minimum absolute atomic E-state index is 0.0841. The molecular weight excluding hydrogens is 380 g/mol. The monoisotopic (exact) mass is 400 g/mol. The summed E-state index contributed by atoms with van der Waals surface area (Å²) in [4.78, 5) is 40.6. The van der Waals surface area contributed by atoms with Gasteiger partial charge in [0.1, 0.15) is 5.75 Å². The molecule has 2 aromatic rings. The van der Waals surface area contributed by atoms with Crippen LogP contribution in [0.2, 0.25) is 0 Å². The molecule has 1 N–H and O–H groups in total. The summed E-state index contributed by atoms with van der Waals surface area (Å²) in [5.41, 5.74) is 1.06. The van der Waals surface area contributed by atoms with E-state index >= 15 is 0 Å². The maximum absolute atomic E-state index is 12.1. The fourth-order valence-electron chi connectivity index (χ4n) is 2.33. The lowest BCUT2D eigenvalue weighted by molar-refractivity contribution is -0.120. The van der Waals surface area contributed by atoms with Crippen LogP contribution in [0, 0.1) is 0 Å². The predicted octanol–water partition coefficient (Wildman–Crippen LogP) is 2.26. The van der Waals surface area contributed by atoms with E-state index in [1.54, 1.807) is 12.1 Å². The molecule has 0 fully saturated rings. The number of hydrogen-bond donors (Lipinski definition) is 1. The molecule has 152 valence electrons. The van der Waals surface area contributed by atoms with E-state index in [2.05, 4.69) is 19.9 Å². The third kappa shape index (κ3) is 6.06. The summed E-state index contributed by atoms with van der Waals surface area (Å²) in [6.07, 6.45) is 1.42. The topological polar surface area (TPSA) is 113 Å². The van der Waals surface area contributed by atoms with Gasteiger partial charge in [0, 0.05) is 11.3 Å². The quantitative estimate of drug-likeness (QED) is 0.411. The zero-order valence-electron chi connectivity index (χ0n) is 16.1. The normalized spacial score (nSPS) is 10.3. The van der Waals surface area contributed by atoms with Gasteiger partial charge in [-0.25, -0.2) is 9.59 Å². The second-order valence-electron chi connectivity index (χ2n) is 5.58. The van der Waals surface area contributed by atoms with Gasteiger partial charge in [0.05, 0.1) is 38.7 Å². The van der Waals surface area contributed by atoms with Gasteiger partial charge in [-0.15, -0.1) is 0 Å². The largest absolute Gasteiger partial charge is 0.496 e. The van der Waals surface area contributed by atoms with Crippen LogP contribution in [-0.2, 0) is 19.1 Å². The number of nitrogens with zero attached hydrogens (tertiary/aromatic N) is 1. The number of anilines is 1. The Hall–Kier alpha value is -3.88. The highest BCUT2D eigenvalue weighted by molar-refractivity contribution is 5.99. The van der Waals surface area contributed by atoms with Crippen molar-refractivity contribution in [2.24, 2.45) is 5.16 Å². The number of ether oxygens (including phenoxy) is 3. The fraction of sp³-hybridized carbons (Fsp3) is 0.200. The van der Waals surface area contributed by atoms with Gasteiger partial charge in [0.15, 0.2) is 6.61 Å². The average Bonchev–Trinajstić information content (AvgIpc) is 2.75. The summed E-state index contributed by atoms with van der Waals surface area (Å²) in [5, 5.41) is 6.26. The number of nitrogens with one attached hydrogen (secondary N) is 1. The molecule has 29 heavy (non-hydrogen) atoms. The van der Waals surface area contributed by atoms with Gasteiger partial charge in [-0.1, -0.05) is 17.3 Å². The molecule has 0 spiro atoms. The van der Waals surface area contributed by atoms with E-state index in [0.717, 1.165) is 0 Å². The number of amides is 1. The van der Waals surface area contributed by atoms with Crippen LogP contribution in [0.15, 0.2) is 47.6 Å². The Bertz CT molecular complexity index is 891. The molecular formula is C20H20N2O7. The summed E-state index contributed by atoms with van der Waals surface area (Å²) >= 11 is 0. The second-order valence-corrected chi connectivity index (χ2v) is 5.58. The van der Waals surface area contributed by atoms with Gasteiger partial charge in [0.25, 0.3) is 5.91 Å². The first-order valence-corrected chi connectivity index (χ1v) is 8.38. The Morgan fingerprint density at radius 3 is 2.17 bits per heavy atom. The molecule has 1 amide bonds. The third-order valence-corrected chi connectivity index (χ3v) is 3.66. The molecule has 9 nitrogen and oxygen atoms in total. The lowest BCUT2D eigenvalue weighted by atomic mass is 10.1. The van der Waals surface area contributed by atoms with E-state index < -0.39 is 17.8 Å². The number of hydrogen-bond acceptors (Lipinski definition) is 8. The maximum atomic E-state index is 12.1. The van der Waals surface area contributed by atoms with Crippen LogP contribution < -0.4 is 10.1 Å². The van der Waals surface area contributed by atoms with Crippen molar-refractivity contribution in [2.45, 2.75) is 0 Å². The Morgan fingerprint density at radius 1 is 0.966 bits per heavy atom. The first-order valence-electron chi connectivity index (χ1n) is 8.38. The molecule has 0 bridgehead atoms. The van der Waals surface area contributed by atoms with Gasteiger partial charge in [-0.2, -0.15) is 0 Å². The maximum Gasteiger partial charge on any atom is 0.337 e. The van der Waals surface area contributed by atoms with Gasteiger partial charge in [0.2, 0.25) is 0 Å². The van der Waals surface area contributed by atoms with Crippen molar-refractivity contribution in [1.82, 2.24) is 0 Å². The molecule has 0 atom stereocenters. The molecule has 2 rings (SSSR count). The number of oxime groups is 1. The number of carbonyl (C=O) groups is 3. The SMILES string of the molecule is COC(=O)c1cc(NC(=O)CO/N=C\c2ccccc2OC)cc(C(=O)OC)c1. The minimum atomic E-state index is -0.663. The number of carbonyl (C=O) groups excluding carboxylic acids is 3.